The van der Waals surface area contributed by atoms with E-state index in [4.69, 9.17) is 4.74 Å². The van der Waals surface area contributed by atoms with Gasteiger partial charge in [-0.3, -0.25) is 4.68 Å². The zero-order valence-corrected chi connectivity index (χ0v) is 13.7. The molecule has 0 aliphatic carbocycles. The van der Waals surface area contributed by atoms with Crippen molar-refractivity contribution in [3.63, 3.8) is 0 Å². The minimum atomic E-state index is 0.467. The molecule has 21 heavy (non-hydrogen) atoms. The molecule has 0 amide bonds. The van der Waals surface area contributed by atoms with Gasteiger partial charge < -0.3 is 4.74 Å². The van der Waals surface area contributed by atoms with Gasteiger partial charge in [-0.05, 0) is 53.5 Å². The Morgan fingerprint density at radius 2 is 2.00 bits per heavy atom. The first kappa shape index (κ1) is 14.1. The highest BCUT2D eigenvalue weighted by Gasteiger charge is 2.10. The maximum atomic E-state index is 5.92. The number of hydrogen-bond acceptors (Lipinski definition) is 2. The van der Waals surface area contributed by atoms with Gasteiger partial charge in [0.2, 0.25) is 0 Å². The van der Waals surface area contributed by atoms with Crippen LogP contribution in [0.1, 0.15) is 18.2 Å². The highest BCUT2D eigenvalue weighted by molar-refractivity contribution is 9.10. The number of nitrogens with zero attached hydrogens (tertiary/aromatic N) is 2. The van der Waals surface area contributed by atoms with Gasteiger partial charge in [-0.1, -0.05) is 24.3 Å². The molecule has 0 saturated carbocycles. The van der Waals surface area contributed by atoms with Crippen LogP contribution in [0.15, 0.2) is 46.9 Å². The number of aryl methyl sites for hydroxylation is 2. The monoisotopic (exact) mass is 344 g/mol. The van der Waals surface area contributed by atoms with E-state index in [0.29, 0.717) is 6.61 Å². The molecule has 0 aliphatic rings. The van der Waals surface area contributed by atoms with Gasteiger partial charge in [-0.15, -0.1) is 0 Å². The zero-order valence-electron chi connectivity index (χ0n) is 12.1. The fraction of sp³-hybridized carbons (Fsp3) is 0.235. The summed E-state index contributed by atoms with van der Waals surface area (Å²) in [5.74, 6) is 0.843. The number of hydrogen-bond donors (Lipinski definition) is 0. The minimum absolute atomic E-state index is 0.467. The molecule has 4 heteroatoms. The quantitative estimate of drug-likeness (QED) is 0.685. The average Bonchev–Trinajstić information content (AvgIpc) is 2.85. The molecule has 0 atom stereocenters. The molecule has 0 unspecified atom stereocenters. The van der Waals surface area contributed by atoms with Gasteiger partial charge in [0.05, 0.1) is 9.99 Å². The summed E-state index contributed by atoms with van der Waals surface area (Å²) in [6, 6.07) is 14.3. The number of rotatable bonds is 4. The van der Waals surface area contributed by atoms with Crippen molar-refractivity contribution < 1.29 is 4.74 Å². The van der Waals surface area contributed by atoms with Gasteiger partial charge in [0.1, 0.15) is 18.1 Å². The molecule has 0 spiro atoms. The lowest BCUT2D eigenvalue weighted by Gasteiger charge is -2.07. The molecule has 3 nitrogen and oxygen atoms in total. The first-order chi connectivity index (χ1) is 10.2. The van der Waals surface area contributed by atoms with Crippen LogP contribution in [0.25, 0.3) is 10.9 Å². The maximum Gasteiger partial charge on any atom is 0.134 e. The Kier molecular flexibility index (Phi) is 3.97. The number of aromatic nitrogens is 2. The number of halogens is 1. The van der Waals surface area contributed by atoms with Crippen molar-refractivity contribution in [1.29, 1.82) is 0 Å². The lowest BCUT2D eigenvalue weighted by Crippen LogP contribution is -2.00. The van der Waals surface area contributed by atoms with Crippen LogP contribution in [0, 0.1) is 6.92 Å². The van der Waals surface area contributed by atoms with Gasteiger partial charge >= 0.3 is 0 Å². The largest absolute Gasteiger partial charge is 0.486 e. The molecule has 108 valence electrons. The predicted octanol–water partition coefficient (Wildman–Crippen LogP) is 4.71. The van der Waals surface area contributed by atoms with E-state index in [2.05, 4.69) is 53.1 Å². The fourth-order valence-electron chi connectivity index (χ4n) is 2.41. The predicted molar refractivity (Wildman–Crippen MR) is 88.6 cm³/mol. The van der Waals surface area contributed by atoms with Crippen molar-refractivity contribution in [2.24, 2.45) is 0 Å². The molecule has 2 aromatic carbocycles. The Morgan fingerprint density at radius 1 is 1.19 bits per heavy atom. The number of benzene rings is 2. The van der Waals surface area contributed by atoms with Crippen molar-refractivity contribution in [2.45, 2.75) is 27.0 Å². The summed E-state index contributed by atoms with van der Waals surface area (Å²) in [4.78, 5) is 0. The van der Waals surface area contributed by atoms with Crippen LogP contribution in [0.4, 0.5) is 0 Å². The first-order valence-corrected chi connectivity index (χ1v) is 7.81. The fourth-order valence-corrected chi connectivity index (χ4v) is 3.02. The van der Waals surface area contributed by atoms with Crippen molar-refractivity contribution in [3.05, 3.63) is 58.2 Å². The SMILES string of the molecule is CCn1nc(COc2ccc(C)cc2Br)c2ccccc21. The van der Waals surface area contributed by atoms with Crippen LogP contribution >= 0.6 is 15.9 Å². The normalized spacial score (nSPS) is 11.0. The summed E-state index contributed by atoms with van der Waals surface area (Å²) in [6.07, 6.45) is 0. The molecule has 1 aromatic heterocycles. The lowest BCUT2D eigenvalue weighted by molar-refractivity contribution is 0.299. The molecule has 3 rings (SSSR count). The van der Waals surface area contributed by atoms with Gasteiger partial charge in [-0.25, -0.2) is 0 Å². The molecule has 0 bridgehead atoms. The van der Waals surface area contributed by atoms with Crippen molar-refractivity contribution in [1.82, 2.24) is 9.78 Å². The third kappa shape index (κ3) is 2.81. The average molecular weight is 345 g/mol. The standard InChI is InChI=1S/C17H17BrN2O/c1-3-20-16-7-5-4-6-13(16)15(19-20)11-21-17-9-8-12(2)10-14(17)18/h4-10H,3,11H2,1-2H3. The smallest absolute Gasteiger partial charge is 0.134 e. The molecule has 0 saturated heterocycles. The Balaban J connectivity index is 1.88. The summed E-state index contributed by atoms with van der Waals surface area (Å²) in [7, 11) is 0. The van der Waals surface area contributed by atoms with E-state index in [1.165, 1.54) is 5.56 Å². The second-order valence-corrected chi connectivity index (χ2v) is 5.86. The van der Waals surface area contributed by atoms with Crippen molar-refractivity contribution >= 4 is 26.8 Å². The Bertz CT molecular complexity index is 780. The van der Waals surface area contributed by atoms with E-state index < -0.39 is 0 Å². The molecular weight excluding hydrogens is 328 g/mol. The van der Waals surface area contributed by atoms with Crippen LogP contribution in [0.2, 0.25) is 0 Å². The van der Waals surface area contributed by atoms with Crippen LogP contribution in [-0.2, 0) is 13.2 Å². The van der Waals surface area contributed by atoms with Gasteiger partial charge in [0.25, 0.3) is 0 Å². The van der Waals surface area contributed by atoms with E-state index in [0.717, 1.165) is 33.4 Å². The maximum absolute atomic E-state index is 5.92. The topological polar surface area (TPSA) is 27.1 Å². The number of para-hydroxylation sites is 1. The van der Waals surface area contributed by atoms with Crippen molar-refractivity contribution in [3.8, 4) is 5.75 Å². The number of ether oxygens (including phenoxy) is 1. The third-order valence-corrected chi connectivity index (χ3v) is 4.11. The Hall–Kier alpha value is -1.81. The molecule has 0 aliphatic heterocycles. The van der Waals surface area contributed by atoms with Gasteiger partial charge in [-0.2, -0.15) is 5.10 Å². The summed E-state index contributed by atoms with van der Waals surface area (Å²) < 4.78 is 8.91. The summed E-state index contributed by atoms with van der Waals surface area (Å²) >= 11 is 3.54. The Labute approximate surface area is 132 Å². The second kappa shape index (κ2) is 5.90. The molecule has 3 aromatic rings. The highest BCUT2D eigenvalue weighted by atomic mass is 79.9. The van der Waals surface area contributed by atoms with Crippen LogP contribution in [0.5, 0.6) is 5.75 Å². The molecule has 0 N–H and O–H groups in total. The summed E-state index contributed by atoms with van der Waals surface area (Å²) in [6.45, 7) is 5.48. The lowest BCUT2D eigenvalue weighted by atomic mass is 10.2. The van der Waals surface area contributed by atoms with E-state index >= 15 is 0 Å². The van der Waals surface area contributed by atoms with Crippen LogP contribution in [-0.4, -0.2) is 9.78 Å². The van der Waals surface area contributed by atoms with Crippen LogP contribution in [0.3, 0.4) is 0 Å². The molecule has 0 fully saturated rings. The van der Waals surface area contributed by atoms with E-state index in [-0.39, 0.29) is 0 Å². The van der Waals surface area contributed by atoms with E-state index in [1.807, 2.05) is 28.9 Å². The Morgan fingerprint density at radius 3 is 2.76 bits per heavy atom. The second-order valence-electron chi connectivity index (χ2n) is 5.00. The van der Waals surface area contributed by atoms with Crippen LogP contribution < -0.4 is 4.74 Å². The zero-order chi connectivity index (χ0) is 14.8. The van der Waals surface area contributed by atoms with Crippen molar-refractivity contribution in [2.75, 3.05) is 0 Å². The van der Waals surface area contributed by atoms with E-state index in [9.17, 15) is 0 Å². The highest BCUT2D eigenvalue weighted by Crippen LogP contribution is 2.27. The molecule has 0 radical (unpaired) electrons. The first-order valence-electron chi connectivity index (χ1n) is 7.02. The van der Waals surface area contributed by atoms with Gasteiger partial charge in [0.15, 0.2) is 0 Å². The minimum Gasteiger partial charge on any atom is -0.486 e. The molecule has 1 heterocycles. The molecular formula is C17H17BrN2O. The summed E-state index contributed by atoms with van der Waals surface area (Å²) in [5, 5.41) is 5.80. The number of fused-ring (bicyclic) bond motifs is 1. The van der Waals surface area contributed by atoms with Gasteiger partial charge in [0, 0.05) is 11.9 Å². The summed E-state index contributed by atoms with van der Waals surface area (Å²) in [5.41, 5.74) is 3.33. The third-order valence-electron chi connectivity index (χ3n) is 3.49. The van der Waals surface area contributed by atoms with E-state index in [1.54, 1.807) is 0 Å².